The molecule has 22 heavy (non-hydrogen) atoms. The van der Waals surface area contributed by atoms with Crippen molar-refractivity contribution >= 4 is 12.1 Å². The Labute approximate surface area is 125 Å². The molecule has 0 radical (unpaired) electrons. The van der Waals surface area contributed by atoms with Gasteiger partial charge >= 0.3 is 0 Å². The van der Waals surface area contributed by atoms with Gasteiger partial charge in [-0.2, -0.15) is 10.2 Å². The van der Waals surface area contributed by atoms with E-state index in [9.17, 15) is 9.59 Å². The van der Waals surface area contributed by atoms with Crippen molar-refractivity contribution < 1.29 is 14.3 Å². The van der Waals surface area contributed by atoms with Crippen LogP contribution in [-0.4, -0.2) is 36.5 Å². The molecule has 1 amide bonds. The third-order valence-electron chi connectivity index (χ3n) is 2.71. The number of hydrazone groups is 1. The van der Waals surface area contributed by atoms with Gasteiger partial charge in [0.15, 0.2) is 17.2 Å². The molecule has 0 aliphatic rings. The largest absolute Gasteiger partial charge is 0.493 e. The zero-order valence-electron chi connectivity index (χ0n) is 12.0. The minimum absolute atomic E-state index is 0.0503. The molecule has 1 aromatic carbocycles. The van der Waals surface area contributed by atoms with Crippen molar-refractivity contribution in [3.8, 4) is 11.5 Å². The standard InChI is InChI=1S/C14H14N4O4/c1-21-11-5-3-4-9(13(11)22-2)8-15-18-14(20)10-6-7-12(19)17-16-10/h3-8H,1-2H3,(H,17,19)(H,18,20). The second-order valence-electron chi connectivity index (χ2n) is 4.09. The number of aromatic amines is 1. The van der Waals surface area contributed by atoms with E-state index in [0.717, 1.165) is 0 Å². The Morgan fingerprint density at radius 3 is 2.73 bits per heavy atom. The minimum Gasteiger partial charge on any atom is -0.493 e. The quantitative estimate of drug-likeness (QED) is 0.620. The number of hydrogen-bond acceptors (Lipinski definition) is 6. The zero-order valence-corrected chi connectivity index (χ0v) is 12.0. The molecule has 1 heterocycles. The molecule has 0 unspecified atom stereocenters. The Bertz CT molecular complexity index is 734. The number of hydrogen-bond donors (Lipinski definition) is 2. The van der Waals surface area contributed by atoms with Crippen LogP contribution in [0.4, 0.5) is 0 Å². The third-order valence-corrected chi connectivity index (χ3v) is 2.71. The number of methoxy groups -OCH3 is 2. The molecule has 2 aromatic rings. The van der Waals surface area contributed by atoms with Crippen molar-refractivity contribution in [2.24, 2.45) is 5.10 Å². The SMILES string of the molecule is COc1cccc(C=NNC(=O)c2ccc(=O)[nH]n2)c1OC. The summed E-state index contributed by atoms with van der Waals surface area (Å²) in [6.45, 7) is 0. The molecule has 0 saturated carbocycles. The average Bonchev–Trinajstić information content (AvgIpc) is 2.55. The topological polar surface area (TPSA) is 106 Å². The number of nitrogens with zero attached hydrogens (tertiary/aromatic N) is 2. The van der Waals surface area contributed by atoms with Crippen LogP contribution < -0.4 is 20.5 Å². The van der Waals surface area contributed by atoms with E-state index in [-0.39, 0.29) is 11.3 Å². The van der Waals surface area contributed by atoms with Gasteiger partial charge in [-0.25, -0.2) is 10.5 Å². The van der Waals surface area contributed by atoms with Crippen LogP contribution in [0.25, 0.3) is 0 Å². The molecule has 2 N–H and O–H groups in total. The van der Waals surface area contributed by atoms with Crippen molar-refractivity contribution in [2.45, 2.75) is 0 Å². The number of rotatable bonds is 5. The molecule has 0 spiro atoms. The first-order chi connectivity index (χ1) is 10.7. The van der Waals surface area contributed by atoms with Gasteiger partial charge in [0.25, 0.3) is 11.5 Å². The van der Waals surface area contributed by atoms with Crippen LogP contribution in [-0.2, 0) is 0 Å². The Hall–Kier alpha value is -3.16. The van der Waals surface area contributed by atoms with E-state index in [0.29, 0.717) is 17.1 Å². The lowest BCUT2D eigenvalue weighted by Gasteiger charge is -2.09. The lowest BCUT2D eigenvalue weighted by molar-refractivity contribution is 0.0949. The smallest absolute Gasteiger partial charge is 0.291 e. The summed E-state index contributed by atoms with van der Waals surface area (Å²) in [5.41, 5.74) is 2.60. The molecule has 0 atom stereocenters. The molecule has 8 nitrogen and oxygen atoms in total. The predicted molar refractivity (Wildman–Crippen MR) is 79.5 cm³/mol. The van der Waals surface area contributed by atoms with Gasteiger partial charge in [-0.05, 0) is 18.2 Å². The molecule has 1 aromatic heterocycles. The lowest BCUT2D eigenvalue weighted by Crippen LogP contribution is -2.21. The number of H-pyrrole nitrogens is 1. The first-order valence-corrected chi connectivity index (χ1v) is 6.26. The highest BCUT2D eigenvalue weighted by Crippen LogP contribution is 2.29. The lowest BCUT2D eigenvalue weighted by atomic mass is 10.2. The van der Waals surface area contributed by atoms with E-state index in [2.05, 4.69) is 20.7 Å². The van der Waals surface area contributed by atoms with E-state index < -0.39 is 5.91 Å². The summed E-state index contributed by atoms with van der Waals surface area (Å²) in [4.78, 5) is 22.6. The monoisotopic (exact) mass is 302 g/mol. The van der Waals surface area contributed by atoms with Crippen LogP contribution in [0.2, 0.25) is 0 Å². The second kappa shape index (κ2) is 7.02. The first-order valence-electron chi connectivity index (χ1n) is 6.26. The number of ether oxygens (including phenoxy) is 2. The Kier molecular flexibility index (Phi) is 4.86. The van der Waals surface area contributed by atoms with Crippen molar-refractivity contribution in [2.75, 3.05) is 14.2 Å². The molecule has 0 aliphatic carbocycles. The number of carbonyl (C=O) groups excluding carboxylic acids is 1. The van der Waals surface area contributed by atoms with Crippen LogP contribution in [0.1, 0.15) is 16.1 Å². The first kappa shape index (κ1) is 15.2. The van der Waals surface area contributed by atoms with Gasteiger partial charge in [-0.3, -0.25) is 9.59 Å². The summed E-state index contributed by atoms with van der Waals surface area (Å²) in [5, 5.41) is 9.60. The molecular formula is C14H14N4O4. The molecule has 0 fully saturated rings. The van der Waals surface area contributed by atoms with Gasteiger partial charge in [-0.15, -0.1) is 0 Å². The normalized spacial score (nSPS) is 10.5. The summed E-state index contributed by atoms with van der Waals surface area (Å²) in [6.07, 6.45) is 1.42. The summed E-state index contributed by atoms with van der Waals surface area (Å²) in [7, 11) is 3.04. The minimum atomic E-state index is -0.547. The van der Waals surface area contributed by atoms with Crippen LogP contribution in [0.5, 0.6) is 11.5 Å². The second-order valence-corrected chi connectivity index (χ2v) is 4.09. The summed E-state index contributed by atoms with van der Waals surface area (Å²) in [6, 6.07) is 7.79. The molecule has 0 aliphatic heterocycles. The molecule has 0 bridgehead atoms. The molecular weight excluding hydrogens is 288 g/mol. The van der Waals surface area contributed by atoms with Crippen molar-refractivity contribution in [3.63, 3.8) is 0 Å². The Morgan fingerprint density at radius 2 is 2.09 bits per heavy atom. The van der Waals surface area contributed by atoms with Crippen molar-refractivity contribution in [1.82, 2.24) is 15.6 Å². The summed E-state index contributed by atoms with van der Waals surface area (Å²) >= 11 is 0. The maximum atomic E-state index is 11.8. The van der Waals surface area contributed by atoms with Gasteiger partial charge in [0.2, 0.25) is 0 Å². The van der Waals surface area contributed by atoms with E-state index in [1.165, 1.54) is 32.6 Å². The number of nitrogens with one attached hydrogen (secondary N) is 2. The van der Waals surface area contributed by atoms with Crippen molar-refractivity contribution in [3.05, 3.63) is 51.9 Å². The van der Waals surface area contributed by atoms with Gasteiger partial charge < -0.3 is 9.47 Å². The van der Waals surface area contributed by atoms with Gasteiger partial charge in [0.1, 0.15) is 0 Å². The zero-order chi connectivity index (χ0) is 15.9. The van der Waals surface area contributed by atoms with Gasteiger partial charge in [-0.1, -0.05) is 6.07 Å². The van der Waals surface area contributed by atoms with Crippen LogP contribution >= 0.6 is 0 Å². The highest BCUT2D eigenvalue weighted by atomic mass is 16.5. The van der Waals surface area contributed by atoms with Crippen LogP contribution in [0.15, 0.2) is 40.2 Å². The number of benzene rings is 1. The Balaban J connectivity index is 2.11. The fourth-order valence-electron chi connectivity index (χ4n) is 1.70. The molecule has 114 valence electrons. The van der Waals surface area contributed by atoms with E-state index >= 15 is 0 Å². The van der Waals surface area contributed by atoms with E-state index in [1.807, 2.05) is 0 Å². The molecule has 8 heteroatoms. The highest BCUT2D eigenvalue weighted by Gasteiger charge is 2.08. The van der Waals surface area contributed by atoms with Gasteiger partial charge in [0.05, 0.1) is 20.4 Å². The number of aromatic nitrogens is 2. The molecule has 0 saturated heterocycles. The number of para-hydroxylation sites is 1. The van der Waals surface area contributed by atoms with E-state index in [4.69, 9.17) is 9.47 Å². The Morgan fingerprint density at radius 1 is 1.27 bits per heavy atom. The van der Waals surface area contributed by atoms with E-state index in [1.54, 1.807) is 18.2 Å². The maximum Gasteiger partial charge on any atom is 0.291 e. The molecule has 2 rings (SSSR count). The fourth-order valence-corrected chi connectivity index (χ4v) is 1.70. The van der Waals surface area contributed by atoms with Crippen LogP contribution in [0.3, 0.4) is 0 Å². The summed E-state index contributed by atoms with van der Waals surface area (Å²) in [5.74, 6) is 0.514. The predicted octanol–water partition coefficient (Wildman–Crippen LogP) is 0.551. The number of amides is 1. The van der Waals surface area contributed by atoms with Crippen LogP contribution in [0, 0.1) is 0 Å². The van der Waals surface area contributed by atoms with Gasteiger partial charge in [0, 0.05) is 11.6 Å². The number of carbonyl (C=O) groups is 1. The fraction of sp³-hybridized carbons (Fsp3) is 0.143. The third kappa shape index (κ3) is 3.48. The summed E-state index contributed by atoms with van der Waals surface area (Å²) < 4.78 is 10.4. The average molecular weight is 302 g/mol. The maximum absolute atomic E-state index is 11.8. The van der Waals surface area contributed by atoms with Crippen molar-refractivity contribution in [1.29, 1.82) is 0 Å². The highest BCUT2D eigenvalue weighted by molar-refractivity contribution is 5.93.